The number of ether oxygens (including phenoxy) is 1. The largest absolute Gasteiger partial charge is 0.412 e. The molecule has 0 radical (unpaired) electrons. The van der Waals surface area contributed by atoms with Crippen LogP contribution in [-0.4, -0.2) is 24.7 Å². The van der Waals surface area contributed by atoms with Crippen LogP contribution in [0.25, 0.3) is 5.57 Å². The lowest BCUT2D eigenvalue weighted by atomic mass is 9.98. The smallest absolute Gasteiger partial charge is 0.409 e. The predicted molar refractivity (Wildman–Crippen MR) is 79.1 cm³/mol. The zero-order chi connectivity index (χ0) is 14.4. The highest BCUT2D eigenvalue weighted by atomic mass is 16.6. The molecule has 1 aromatic rings. The Labute approximate surface area is 117 Å². The molecule has 102 valence electrons. The van der Waals surface area contributed by atoms with Crippen LogP contribution >= 0.6 is 0 Å². The van der Waals surface area contributed by atoms with E-state index in [1.54, 1.807) is 0 Å². The zero-order valence-electron chi connectivity index (χ0n) is 11.9. The number of aryl methyl sites for hydroxylation is 1. The molecule has 0 atom stereocenters. The van der Waals surface area contributed by atoms with Gasteiger partial charge in [-0.1, -0.05) is 6.07 Å². The van der Waals surface area contributed by atoms with E-state index >= 15 is 0 Å². The molecule has 2 aliphatic rings. The fourth-order valence-corrected chi connectivity index (χ4v) is 2.43. The van der Waals surface area contributed by atoms with Crippen LogP contribution in [-0.2, 0) is 0 Å². The number of aliphatic imine (C=N–C) groups is 2. The van der Waals surface area contributed by atoms with Crippen LogP contribution in [0.2, 0.25) is 0 Å². The minimum atomic E-state index is -0.483. The molecule has 1 N–H and O–H groups in total. The van der Waals surface area contributed by atoms with E-state index in [0.29, 0.717) is 11.6 Å². The molecule has 1 amide bonds. The molecule has 0 aromatic heterocycles. The highest BCUT2D eigenvalue weighted by molar-refractivity contribution is 6.40. The minimum absolute atomic E-state index is 0.483. The summed E-state index contributed by atoms with van der Waals surface area (Å²) in [5.74, 6) is 1.27. The molecule has 0 spiro atoms. The van der Waals surface area contributed by atoms with Crippen LogP contribution in [0.3, 0.4) is 0 Å². The Hall–Kier alpha value is -2.43. The number of hydrogen-bond acceptors (Lipinski definition) is 4. The van der Waals surface area contributed by atoms with Gasteiger partial charge in [-0.25, -0.2) is 14.8 Å². The van der Waals surface area contributed by atoms with E-state index < -0.39 is 6.09 Å². The summed E-state index contributed by atoms with van der Waals surface area (Å²) in [5, 5.41) is 2.47. The third kappa shape index (κ3) is 1.66. The monoisotopic (exact) mass is 269 g/mol. The molecular weight excluding hydrogens is 254 g/mol. The maximum atomic E-state index is 11.6. The first-order valence-corrected chi connectivity index (χ1v) is 6.42. The molecular formula is C15H15N3O2. The van der Waals surface area contributed by atoms with Crippen LogP contribution in [0.5, 0.6) is 5.75 Å². The molecule has 5 heteroatoms. The summed E-state index contributed by atoms with van der Waals surface area (Å²) in [6.45, 7) is 5.88. The topological polar surface area (TPSA) is 63.0 Å². The Balaban J connectivity index is 2.19. The molecule has 0 saturated carbocycles. The van der Waals surface area contributed by atoms with Crippen molar-refractivity contribution in [3.63, 3.8) is 0 Å². The normalized spacial score (nSPS) is 15.6. The van der Waals surface area contributed by atoms with Gasteiger partial charge in [-0.05, 0) is 38.0 Å². The molecule has 3 rings (SSSR count). The van der Waals surface area contributed by atoms with Gasteiger partial charge in [-0.3, -0.25) is 0 Å². The minimum Gasteiger partial charge on any atom is -0.409 e. The van der Waals surface area contributed by atoms with Gasteiger partial charge in [0.25, 0.3) is 0 Å². The Morgan fingerprint density at radius 1 is 1.20 bits per heavy atom. The van der Waals surface area contributed by atoms with Crippen molar-refractivity contribution in [1.29, 1.82) is 0 Å². The maximum absolute atomic E-state index is 11.6. The van der Waals surface area contributed by atoms with Crippen molar-refractivity contribution in [2.75, 3.05) is 7.05 Å². The van der Waals surface area contributed by atoms with Gasteiger partial charge in [0.1, 0.15) is 5.75 Å². The molecule has 5 nitrogen and oxygen atoms in total. The molecule has 0 unspecified atom stereocenters. The molecule has 20 heavy (non-hydrogen) atoms. The first-order valence-electron chi connectivity index (χ1n) is 6.42. The van der Waals surface area contributed by atoms with Crippen molar-refractivity contribution in [3.05, 3.63) is 28.8 Å². The lowest BCUT2D eigenvalue weighted by Crippen LogP contribution is -2.23. The van der Waals surface area contributed by atoms with Gasteiger partial charge in [0.2, 0.25) is 0 Å². The van der Waals surface area contributed by atoms with Crippen LogP contribution in [0.4, 0.5) is 10.5 Å². The summed E-state index contributed by atoms with van der Waals surface area (Å²) in [6.07, 6.45) is -0.483. The molecule has 0 saturated heterocycles. The van der Waals surface area contributed by atoms with E-state index in [2.05, 4.69) is 15.3 Å². The highest BCUT2D eigenvalue weighted by Gasteiger charge is 2.32. The molecule has 0 bridgehead atoms. The van der Waals surface area contributed by atoms with Gasteiger partial charge in [0.05, 0.1) is 11.3 Å². The van der Waals surface area contributed by atoms with Gasteiger partial charge >= 0.3 is 6.09 Å². The fraction of sp³-hybridized carbons (Fsp3) is 0.267. The third-order valence-corrected chi connectivity index (χ3v) is 3.62. The van der Waals surface area contributed by atoms with E-state index in [1.807, 2.05) is 32.9 Å². The number of allylic oxidation sites excluding steroid dienone is 1. The van der Waals surface area contributed by atoms with Crippen LogP contribution in [0.1, 0.15) is 25.0 Å². The van der Waals surface area contributed by atoms with Gasteiger partial charge in [-0.2, -0.15) is 0 Å². The van der Waals surface area contributed by atoms with Gasteiger partial charge in [-0.15, -0.1) is 0 Å². The number of nitrogens with zero attached hydrogens (tertiary/aromatic N) is 2. The van der Waals surface area contributed by atoms with Gasteiger partial charge in [0.15, 0.2) is 5.84 Å². The Kier molecular flexibility index (Phi) is 2.71. The number of hydrogen-bond donors (Lipinski definition) is 1. The molecule has 2 aliphatic heterocycles. The van der Waals surface area contributed by atoms with Gasteiger partial charge in [0, 0.05) is 18.3 Å². The molecule has 1 aromatic carbocycles. The Morgan fingerprint density at radius 3 is 2.65 bits per heavy atom. The second-order valence-electron chi connectivity index (χ2n) is 4.88. The SMILES string of the molecule is CNC(=O)Oc1c(C)ccc2c1C1=C(C)C(C)=NC1=N2. The number of fused-ring (bicyclic) bond motifs is 3. The number of amides is 1. The fourth-order valence-electron chi connectivity index (χ4n) is 2.43. The lowest BCUT2D eigenvalue weighted by molar-refractivity contribution is 0.202. The molecule has 0 aliphatic carbocycles. The number of carbonyl (C=O) groups is 1. The highest BCUT2D eigenvalue weighted by Crippen LogP contribution is 2.46. The Bertz CT molecular complexity index is 727. The third-order valence-electron chi connectivity index (χ3n) is 3.62. The van der Waals surface area contributed by atoms with Crippen molar-refractivity contribution in [1.82, 2.24) is 5.32 Å². The lowest BCUT2D eigenvalue weighted by Gasteiger charge is -2.12. The number of amidine groups is 1. The van der Waals surface area contributed by atoms with Crippen LogP contribution in [0, 0.1) is 6.92 Å². The second kappa shape index (κ2) is 4.30. The molecule has 2 heterocycles. The van der Waals surface area contributed by atoms with E-state index in [4.69, 9.17) is 4.74 Å². The summed E-state index contributed by atoms with van der Waals surface area (Å²) >= 11 is 0. The van der Waals surface area contributed by atoms with Crippen LogP contribution in [0.15, 0.2) is 27.7 Å². The van der Waals surface area contributed by atoms with Crippen molar-refractivity contribution >= 4 is 28.9 Å². The first-order chi connectivity index (χ1) is 9.52. The quantitative estimate of drug-likeness (QED) is 0.851. The van der Waals surface area contributed by atoms with Crippen molar-refractivity contribution < 1.29 is 9.53 Å². The van der Waals surface area contributed by atoms with E-state index in [-0.39, 0.29) is 0 Å². The summed E-state index contributed by atoms with van der Waals surface area (Å²) in [4.78, 5) is 20.5. The average molecular weight is 269 g/mol. The average Bonchev–Trinajstić information content (AvgIpc) is 2.90. The van der Waals surface area contributed by atoms with E-state index in [0.717, 1.165) is 33.7 Å². The Morgan fingerprint density at radius 2 is 1.95 bits per heavy atom. The van der Waals surface area contributed by atoms with Crippen molar-refractivity contribution in [3.8, 4) is 5.75 Å². The number of carbonyl (C=O) groups excluding carboxylic acids is 1. The van der Waals surface area contributed by atoms with Crippen molar-refractivity contribution in [2.45, 2.75) is 20.8 Å². The second-order valence-corrected chi connectivity index (χ2v) is 4.88. The summed E-state index contributed by atoms with van der Waals surface area (Å²) in [5.41, 5.74) is 5.57. The predicted octanol–water partition coefficient (Wildman–Crippen LogP) is 3.00. The number of nitrogens with one attached hydrogen (secondary N) is 1. The number of benzene rings is 1. The van der Waals surface area contributed by atoms with E-state index in [1.165, 1.54) is 7.05 Å². The summed E-state index contributed by atoms with van der Waals surface area (Å²) < 4.78 is 5.42. The summed E-state index contributed by atoms with van der Waals surface area (Å²) in [6, 6.07) is 3.83. The number of rotatable bonds is 1. The van der Waals surface area contributed by atoms with Crippen molar-refractivity contribution in [2.24, 2.45) is 9.98 Å². The van der Waals surface area contributed by atoms with Gasteiger partial charge < -0.3 is 10.1 Å². The van der Waals surface area contributed by atoms with Crippen LogP contribution < -0.4 is 10.1 Å². The maximum Gasteiger partial charge on any atom is 0.412 e. The summed E-state index contributed by atoms with van der Waals surface area (Å²) in [7, 11) is 1.54. The first kappa shape index (κ1) is 12.6. The zero-order valence-corrected chi connectivity index (χ0v) is 11.9. The molecule has 0 fully saturated rings. The van der Waals surface area contributed by atoms with E-state index in [9.17, 15) is 4.79 Å². The standard InChI is InChI=1S/C15H15N3O2/c1-7-5-6-10-12(13(7)20-15(19)16-4)11-8(2)9(3)17-14(11)18-10/h5-6H,1-4H3,(H,16,19).